The summed E-state index contributed by atoms with van der Waals surface area (Å²) in [7, 11) is 0. The monoisotopic (exact) mass is 384 g/mol. The number of morpholine rings is 1. The van der Waals surface area contributed by atoms with Crippen LogP contribution in [0.4, 0.5) is 5.69 Å². The molecule has 148 valence electrons. The van der Waals surface area contributed by atoms with Crippen LogP contribution in [0.15, 0.2) is 48.8 Å². The molecule has 1 aromatic carbocycles. The van der Waals surface area contributed by atoms with Crippen LogP contribution >= 0.6 is 0 Å². The number of carbonyl (C=O) groups excluding carboxylic acids is 1. The summed E-state index contributed by atoms with van der Waals surface area (Å²) in [5.41, 5.74) is 1.42. The van der Waals surface area contributed by atoms with E-state index in [9.17, 15) is 14.9 Å². The van der Waals surface area contributed by atoms with Crippen molar-refractivity contribution in [2.45, 2.75) is 13.0 Å². The quantitative estimate of drug-likeness (QED) is 0.513. The van der Waals surface area contributed by atoms with Crippen LogP contribution in [0.25, 0.3) is 0 Å². The number of ether oxygens (including phenoxy) is 1. The number of non-ortho nitro benzene ring substituents is 1. The van der Waals surface area contributed by atoms with Gasteiger partial charge in [0, 0.05) is 62.8 Å². The lowest BCUT2D eigenvalue weighted by Crippen LogP contribution is -2.39. The van der Waals surface area contributed by atoms with Gasteiger partial charge in [0.15, 0.2) is 0 Å². The summed E-state index contributed by atoms with van der Waals surface area (Å²) in [4.78, 5) is 31.5. The fourth-order valence-corrected chi connectivity index (χ4v) is 3.18. The van der Waals surface area contributed by atoms with Crippen molar-refractivity contribution >= 4 is 11.6 Å². The number of carbonyl (C=O) groups is 1. The predicted molar refractivity (Wildman–Crippen MR) is 104 cm³/mol. The molecule has 0 bridgehead atoms. The highest BCUT2D eigenvalue weighted by atomic mass is 16.6. The highest BCUT2D eigenvalue weighted by Crippen LogP contribution is 2.15. The van der Waals surface area contributed by atoms with Crippen LogP contribution in [-0.2, 0) is 11.3 Å². The number of amides is 1. The Hall–Kier alpha value is -2.84. The van der Waals surface area contributed by atoms with Gasteiger partial charge in [0.1, 0.15) is 0 Å². The minimum atomic E-state index is -0.467. The second kappa shape index (κ2) is 9.91. The average molecular weight is 384 g/mol. The van der Waals surface area contributed by atoms with Gasteiger partial charge in [-0.15, -0.1) is 0 Å². The Labute approximate surface area is 163 Å². The van der Waals surface area contributed by atoms with Gasteiger partial charge in [0.05, 0.1) is 18.1 Å². The molecule has 3 rings (SSSR count). The molecule has 2 heterocycles. The lowest BCUT2D eigenvalue weighted by molar-refractivity contribution is -0.384. The lowest BCUT2D eigenvalue weighted by atomic mass is 10.1. The van der Waals surface area contributed by atoms with E-state index in [2.05, 4.69) is 9.88 Å². The van der Waals surface area contributed by atoms with E-state index in [1.807, 2.05) is 12.1 Å². The summed E-state index contributed by atoms with van der Waals surface area (Å²) in [5, 5.41) is 10.8. The van der Waals surface area contributed by atoms with Gasteiger partial charge < -0.3 is 9.64 Å². The number of benzene rings is 1. The molecule has 1 aliphatic heterocycles. The van der Waals surface area contributed by atoms with E-state index in [0.29, 0.717) is 18.7 Å². The highest BCUT2D eigenvalue weighted by Gasteiger charge is 2.18. The molecule has 1 aromatic heterocycles. The minimum absolute atomic E-state index is 0.0236. The van der Waals surface area contributed by atoms with E-state index < -0.39 is 4.92 Å². The van der Waals surface area contributed by atoms with E-state index in [-0.39, 0.29) is 11.6 Å². The molecular formula is C20H24N4O4. The van der Waals surface area contributed by atoms with Crippen LogP contribution < -0.4 is 0 Å². The van der Waals surface area contributed by atoms with Crippen LogP contribution in [0, 0.1) is 10.1 Å². The van der Waals surface area contributed by atoms with Crippen LogP contribution in [0.5, 0.6) is 0 Å². The number of hydrogen-bond acceptors (Lipinski definition) is 6. The van der Waals surface area contributed by atoms with Crippen LogP contribution in [-0.4, -0.2) is 65.0 Å². The van der Waals surface area contributed by atoms with Gasteiger partial charge in [-0.2, -0.15) is 0 Å². The smallest absolute Gasteiger partial charge is 0.269 e. The molecule has 1 aliphatic rings. The van der Waals surface area contributed by atoms with Gasteiger partial charge in [0.25, 0.3) is 11.6 Å². The third-order valence-electron chi connectivity index (χ3n) is 4.74. The van der Waals surface area contributed by atoms with Gasteiger partial charge in [-0.05, 0) is 36.2 Å². The normalized spacial score (nSPS) is 14.6. The Bertz CT molecular complexity index is 777. The third-order valence-corrected chi connectivity index (χ3v) is 4.74. The van der Waals surface area contributed by atoms with Crippen LogP contribution in [0.3, 0.4) is 0 Å². The summed E-state index contributed by atoms with van der Waals surface area (Å²) in [6.45, 7) is 5.33. The number of nitro groups is 1. The molecule has 0 unspecified atom stereocenters. The van der Waals surface area contributed by atoms with Crippen molar-refractivity contribution in [3.63, 3.8) is 0 Å². The topological polar surface area (TPSA) is 88.8 Å². The van der Waals surface area contributed by atoms with Crippen molar-refractivity contribution in [1.82, 2.24) is 14.8 Å². The number of nitro benzene ring substituents is 1. The Balaban J connectivity index is 1.67. The Morgan fingerprint density at radius 1 is 1.14 bits per heavy atom. The van der Waals surface area contributed by atoms with Gasteiger partial charge in [-0.1, -0.05) is 0 Å². The summed E-state index contributed by atoms with van der Waals surface area (Å²) in [5.74, 6) is -0.131. The van der Waals surface area contributed by atoms with Crippen LogP contribution in [0.1, 0.15) is 22.3 Å². The summed E-state index contributed by atoms with van der Waals surface area (Å²) >= 11 is 0. The molecule has 0 saturated carbocycles. The molecule has 0 spiro atoms. The zero-order valence-electron chi connectivity index (χ0n) is 15.7. The van der Waals surface area contributed by atoms with Gasteiger partial charge >= 0.3 is 0 Å². The molecular weight excluding hydrogens is 360 g/mol. The zero-order valence-corrected chi connectivity index (χ0v) is 15.7. The SMILES string of the molecule is O=C(c1ccc([N+](=O)[O-])cc1)N(CCCN1CCOCC1)Cc1ccncc1. The molecule has 0 aliphatic carbocycles. The maximum Gasteiger partial charge on any atom is 0.269 e. The first-order valence-electron chi connectivity index (χ1n) is 9.36. The van der Waals surface area contributed by atoms with Gasteiger partial charge in [-0.3, -0.25) is 24.8 Å². The van der Waals surface area contributed by atoms with Crippen molar-refractivity contribution in [3.05, 3.63) is 70.0 Å². The molecule has 28 heavy (non-hydrogen) atoms. The van der Waals surface area contributed by atoms with Crippen molar-refractivity contribution in [1.29, 1.82) is 0 Å². The largest absolute Gasteiger partial charge is 0.379 e. The van der Waals surface area contributed by atoms with E-state index in [1.165, 1.54) is 24.3 Å². The van der Waals surface area contributed by atoms with Gasteiger partial charge in [0.2, 0.25) is 0 Å². The molecule has 1 amide bonds. The highest BCUT2D eigenvalue weighted by molar-refractivity contribution is 5.94. The lowest BCUT2D eigenvalue weighted by Gasteiger charge is -2.28. The molecule has 8 nitrogen and oxygen atoms in total. The molecule has 0 radical (unpaired) electrons. The average Bonchev–Trinajstić information content (AvgIpc) is 2.74. The van der Waals surface area contributed by atoms with Crippen molar-refractivity contribution in [2.75, 3.05) is 39.4 Å². The van der Waals surface area contributed by atoms with Crippen molar-refractivity contribution in [2.24, 2.45) is 0 Å². The first-order valence-corrected chi connectivity index (χ1v) is 9.36. The third kappa shape index (κ3) is 5.58. The van der Waals surface area contributed by atoms with Crippen molar-refractivity contribution < 1.29 is 14.5 Å². The van der Waals surface area contributed by atoms with Crippen molar-refractivity contribution in [3.8, 4) is 0 Å². The summed E-state index contributed by atoms with van der Waals surface area (Å²) in [6, 6.07) is 9.54. The van der Waals surface area contributed by atoms with Crippen LogP contribution in [0.2, 0.25) is 0 Å². The molecule has 0 atom stereocenters. The number of pyridine rings is 1. The predicted octanol–water partition coefficient (Wildman–Crippen LogP) is 2.35. The molecule has 8 heteroatoms. The second-order valence-corrected chi connectivity index (χ2v) is 6.69. The Morgan fingerprint density at radius 3 is 2.46 bits per heavy atom. The fraction of sp³-hybridized carbons (Fsp3) is 0.400. The fourth-order valence-electron chi connectivity index (χ4n) is 3.18. The molecule has 1 fully saturated rings. The molecule has 0 N–H and O–H groups in total. The van der Waals surface area contributed by atoms with E-state index in [0.717, 1.165) is 44.8 Å². The number of aromatic nitrogens is 1. The van der Waals surface area contributed by atoms with E-state index in [1.54, 1.807) is 17.3 Å². The standard InChI is InChI=1S/C20H24N4O4/c25-20(18-2-4-19(5-3-18)24(26)27)23(16-17-6-8-21-9-7-17)11-1-10-22-12-14-28-15-13-22/h2-9H,1,10-16H2. The first kappa shape index (κ1) is 19.9. The molecule has 1 saturated heterocycles. The first-order chi connectivity index (χ1) is 13.6. The second-order valence-electron chi connectivity index (χ2n) is 6.69. The number of rotatable bonds is 8. The minimum Gasteiger partial charge on any atom is -0.379 e. The maximum absolute atomic E-state index is 13.0. The molecule has 2 aromatic rings. The maximum atomic E-state index is 13.0. The Morgan fingerprint density at radius 2 is 1.82 bits per heavy atom. The summed E-state index contributed by atoms with van der Waals surface area (Å²) < 4.78 is 5.37. The summed E-state index contributed by atoms with van der Waals surface area (Å²) in [6.07, 6.45) is 4.26. The van der Waals surface area contributed by atoms with E-state index in [4.69, 9.17) is 4.74 Å². The number of hydrogen-bond donors (Lipinski definition) is 0. The number of nitrogens with zero attached hydrogens (tertiary/aromatic N) is 4. The Kier molecular flexibility index (Phi) is 7.05. The van der Waals surface area contributed by atoms with Gasteiger partial charge in [-0.25, -0.2) is 0 Å². The van der Waals surface area contributed by atoms with E-state index >= 15 is 0 Å². The zero-order chi connectivity index (χ0) is 19.8.